The Hall–Kier alpha value is -0.900. The van der Waals surface area contributed by atoms with Gasteiger partial charge in [-0.15, -0.1) is 0 Å². The molecule has 2 N–H and O–H groups in total. The molecule has 0 aromatic heterocycles. The topological polar surface area (TPSA) is 32.5 Å². The summed E-state index contributed by atoms with van der Waals surface area (Å²) in [6, 6.07) is 11.0. The standard InChI is InChI=1S/C15H25N3/c1-2-8-17-9-11-18(12-10-17)15(13-16)14-6-4-3-5-7-14/h3-7,15H,2,8-13,16H2,1H3. The molecular formula is C15H25N3. The lowest BCUT2D eigenvalue weighted by molar-refractivity contribution is 0.0985. The van der Waals surface area contributed by atoms with Gasteiger partial charge >= 0.3 is 0 Å². The summed E-state index contributed by atoms with van der Waals surface area (Å²) in [5.41, 5.74) is 7.32. The second-order valence-corrected chi connectivity index (χ2v) is 5.04. The van der Waals surface area contributed by atoms with Gasteiger partial charge in [-0.05, 0) is 18.5 Å². The molecule has 1 unspecified atom stereocenters. The van der Waals surface area contributed by atoms with Crippen LogP contribution in [0.15, 0.2) is 30.3 Å². The van der Waals surface area contributed by atoms with Gasteiger partial charge in [-0.25, -0.2) is 0 Å². The average molecular weight is 247 g/mol. The molecule has 0 aliphatic carbocycles. The Morgan fingerprint density at radius 2 is 1.78 bits per heavy atom. The van der Waals surface area contributed by atoms with E-state index in [0.29, 0.717) is 12.6 Å². The SMILES string of the molecule is CCCN1CCN(C(CN)c2ccccc2)CC1. The van der Waals surface area contributed by atoms with Crippen LogP contribution in [0.2, 0.25) is 0 Å². The van der Waals surface area contributed by atoms with Crippen LogP contribution in [0, 0.1) is 0 Å². The molecule has 1 heterocycles. The molecule has 100 valence electrons. The maximum Gasteiger partial charge on any atom is 0.0471 e. The quantitative estimate of drug-likeness (QED) is 0.860. The minimum Gasteiger partial charge on any atom is -0.329 e. The maximum absolute atomic E-state index is 5.97. The first-order chi connectivity index (χ1) is 8.85. The van der Waals surface area contributed by atoms with Gasteiger partial charge in [0.05, 0.1) is 0 Å². The lowest BCUT2D eigenvalue weighted by Crippen LogP contribution is -2.49. The third-order valence-electron chi connectivity index (χ3n) is 3.80. The Bertz CT molecular complexity index is 331. The Kier molecular flexibility index (Phi) is 5.17. The van der Waals surface area contributed by atoms with Crippen molar-refractivity contribution in [2.24, 2.45) is 5.73 Å². The Balaban J connectivity index is 1.95. The van der Waals surface area contributed by atoms with Crippen molar-refractivity contribution in [3.63, 3.8) is 0 Å². The van der Waals surface area contributed by atoms with E-state index in [1.807, 2.05) is 0 Å². The number of hydrogen-bond acceptors (Lipinski definition) is 3. The van der Waals surface area contributed by atoms with E-state index in [1.165, 1.54) is 31.6 Å². The third-order valence-corrected chi connectivity index (χ3v) is 3.80. The summed E-state index contributed by atoms with van der Waals surface area (Å²) in [4.78, 5) is 5.08. The number of nitrogens with two attached hydrogens (primary N) is 1. The molecule has 18 heavy (non-hydrogen) atoms. The minimum absolute atomic E-state index is 0.384. The van der Waals surface area contributed by atoms with Crippen molar-refractivity contribution in [2.45, 2.75) is 19.4 Å². The third kappa shape index (κ3) is 3.31. The molecule has 1 aromatic rings. The molecule has 1 atom stereocenters. The Morgan fingerprint density at radius 1 is 1.11 bits per heavy atom. The van der Waals surface area contributed by atoms with Gasteiger partial charge in [-0.2, -0.15) is 0 Å². The highest BCUT2D eigenvalue weighted by Gasteiger charge is 2.23. The van der Waals surface area contributed by atoms with Crippen LogP contribution in [0.5, 0.6) is 0 Å². The zero-order valence-electron chi connectivity index (χ0n) is 11.4. The largest absolute Gasteiger partial charge is 0.329 e. The predicted molar refractivity (Wildman–Crippen MR) is 76.5 cm³/mol. The zero-order chi connectivity index (χ0) is 12.8. The van der Waals surface area contributed by atoms with E-state index in [0.717, 1.165) is 13.1 Å². The van der Waals surface area contributed by atoms with E-state index in [9.17, 15) is 0 Å². The van der Waals surface area contributed by atoms with Crippen molar-refractivity contribution < 1.29 is 0 Å². The molecule has 0 amide bonds. The highest BCUT2D eigenvalue weighted by Crippen LogP contribution is 2.20. The number of benzene rings is 1. The summed E-state index contributed by atoms with van der Waals surface area (Å²) in [7, 11) is 0. The molecule has 1 aromatic carbocycles. The van der Waals surface area contributed by atoms with E-state index >= 15 is 0 Å². The van der Waals surface area contributed by atoms with Gasteiger partial charge in [-0.3, -0.25) is 4.90 Å². The second-order valence-electron chi connectivity index (χ2n) is 5.04. The predicted octanol–water partition coefficient (Wildman–Crippen LogP) is 1.71. The van der Waals surface area contributed by atoms with E-state index in [-0.39, 0.29) is 0 Å². The van der Waals surface area contributed by atoms with Crippen LogP contribution >= 0.6 is 0 Å². The lowest BCUT2D eigenvalue weighted by Gasteiger charge is -2.39. The number of rotatable bonds is 5. The van der Waals surface area contributed by atoms with Gasteiger partial charge in [0.15, 0.2) is 0 Å². The summed E-state index contributed by atoms with van der Waals surface area (Å²) in [6.07, 6.45) is 1.25. The highest BCUT2D eigenvalue weighted by atomic mass is 15.3. The molecule has 1 aliphatic rings. The molecule has 3 heteroatoms. The maximum atomic E-state index is 5.97. The minimum atomic E-state index is 0.384. The van der Waals surface area contributed by atoms with Crippen LogP contribution in [-0.4, -0.2) is 49.1 Å². The summed E-state index contributed by atoms with van der Waals surface area (Å²) < 4.78 is 0. The molecule has 1 fully saturated rings. The van der Waals surface area contributed by atoms with Crippen LogP contribution < -0.4 is 5.73 Å². The molecule has 0 radical (unpaired) electrons. The van der Waals surface area contributed by atoms with Gasteiger partial charge in [0.25, 0.3) is 0 Å². The summed E-state index contributed by atoms with van der Waals surface area (Å²) in [6.45, 7) is 8.81. The van der Waals surface area contributed by atoms with Crippen LogP contribution in [0.1, 0.15) is 24.9 Å². The average Bonchev–Trinajstić information content (AvgIpc) is 2.43. The summed E-state index contributed by atoms with van der Waals surface area (Å²) in [5, 5.41) is 0. The van der Waals surface area contributed by atoms with Crippen LogP contribution in [-0.2, 0) is 0 Å². The fraction of sp³-hybridized carbons (Fsp3) is 0.600. The van der Waals surface area contributed by atoms with Crippen molar-refractivity contribution in [2.75, 3.05) is 39.3 Å². The van der Waals surface area contributed by atoms with Gasteiger partial charge in [0.1, 0.15) is 0 Å². The van der Waals surface area contributed by atoms with E-state index < -0.39 is 0 Å². The molecule has 0 spiro atoms. The molecule has 1 saturated heterocycles. The van der Waals surface area contributed by atoms with Crippen molar-refractivity contribution in [3.05, 3.63) is 35.9 Å². The van der Waals surface area contributed by atoms with Crippen LogP contribution in [0.25, 0.3) is 0 Å². The lowest BCUT2D eigenvalue weighted by atomic mass is 10.0. The molecular weight excluding hydrogens is 222 g/mol. The first-order valence-electron chi connectivity index (χ1n) is 7.06. The zero-order valence-corrected chi connectivity index (χ0v) is 11.4. The fourth-order valence-corrected chi connectivity index (χ4v) is 2.79. The normalized spacial score (nSPS) is 19.9. The van der Waals surface area contributed by atoms with Gasteiger partial charge in [-0.1, -0.05) is 37.3 Å². The first-order valence-corrected chi connectivity index (χ1v) is 7.06. The van der Waals surface area contributed by atoms with Crippen molar-refractivity contribution in [1.29, 1.82) is 0 Å². The Morgan fingerprint density at radius 3 is 2.33 bits per heavy atom. The summed E-state index contributed by atoms with van der Waals surface area (Å²) >= 11 is 0. The van der Waals surface area contributed by atoms with Crippen LogP contribution in [0.4, 0.5) is 0 Å². The summed E-state index contributed by atoms with van der Waals surface area (Å²) in [5.74, 6) is 0. The monoisotopic (exact) mass is 247 g/mol. The van der Waals surface area contributed by atoms with Crippen LogP contribution in [0.3, 0.4) is 0 Å². The van der Waals surface area contributed by atoms with Crippen molar-refractivity contribution in [3.8, 4) is 0 Å². The van der Waals surface area contributed by atoms with E-state index in [1.54, 1.807) is 0 Å². The molecule has 0 bridgehead atoms. The molecule has 3 nitrogen and oxygen atoms in total. The number of nitrogens with zero attached hydrogens (tertiary/aromatic N) is 2. The second kappa shape index (κ2) is 6.88. The van der Waals surface area contributed by atoms with Crippen molar-refractivity contribution >= 4 is 0 Å². The fourth-order valence-electron chi connectivity index (χ4n) is 2.79. The first kappa shape index (κ1) is 13.5. The smallest absolute Gasteiger partial charge is 0.0471 e. The Labute approximate surface area is 111 Å². The molecule has 0 saturated carbocycles. The van der Waals surface area contributed by atoms with Crippen molar-refractivity contribution in [1.82, 2.24) is 9.80 Å². The highest BCUT2D eigenvalue weighted by molar-refractivity contribution is 5.19. The van der Waals surface area contributed by atoms with Gasteiger partial charge in [0.2, 0.25) is 0 Å². The van der Waals surface area contributed by atoms with Gasteiger partial charge in [0, 0.05) is 38.8 Å². The molecule has 1 aliphatic heterocycles. The van der Waals surface area contributed by atoms with Gasteiger partial charge < -0.3 is 10.6 Å². The molecule has 2 rings (SSSR count). The van der Waals surface area contributed by atoms with E-state index in [4.69, 9.17) is 5.73 Å². The number of hydrogen-bond donors (Lipinski definition) is 1. The number of piperazine rings is 1. The van der Waals surface area contributed by atoms with E-state index in [2.05, 4.69) is 47.1 Å².